The van der Waals surface area contributed by atoms with Crippen LogP contribution in [0.15, 0.2) is 12.1 Å². The van der Waals surface area contributed by atoms with Crippen molar-refractivity contribution in [1.29, 1.82) is 0 Å². The van der Waals surface area contributed by atoms with E-state index in [-0.39, 0.29) is 17.9 Å². The van der Waals surface area contributed by atoms with Crippen molar-refractivity contribution in [3.63, 3.8) is 0 Å². The van der Waals surface area contributed by atoms with Gasteiger partial charge in [0.25, 0.3) is 5.91 Å². The Hall–Kier alpha value is -1.07. The molecule has 0 unspecified atom stereocenters. The molecule has 0 N–H and O–H groups in total. The number of hydrogen-bond acceptors (Lipinski definition) is 3. The van der Waals surface area contributed by atoms with Crippen LogP contribution in [0, 0.1) is 0 Å². The lowest BCUT2D eigenvalue weighted by molar-refractivity contribution is -0.134. The monoisotopic (exact) mass is 312 g/mol. The van der Waals surface area contributed by atoms with E-state index in [1.165, 1.54) is 11.3 Å². The van der Waals surface area contributed by atoms with Gasteiger partial charge in [0, 0.05) is 19.6 Å². The molecule has 2 saturated heterocycles. The van der Waals surface area contributed by atoms with Crippen molar-refractivity contribution in [2.75, 3.05) is 19.6 Å². The minimum Gasteiger partial charge on any atom is -0.341 e. The van der Waals surface area contributed by atoms with Crippen LogP contribution < -0.4 is 0 Å². The van der Waals surface area contributed by atoms with E-state index in [1.807, 2.05) is 4.90 Å². The van der Waals surface area contributed by atoms with Gasteiger partial charge in [-0.05, 0) is 37.8 Å². The second-order valence-corrected chi connectivity index (χ2v) is 7.01. The highest BCUT2D eigenvalue weighted by Gasteiger charge is 2.37. The van der Waals surface area contributed by atoms with E-state index in [2.05, 4.69) is 0 Å². The minimum atomic E-state index is -0.276. The summed E-state index contributed by atoms with van der Waals surface area (Å²) in [5.41, 5.74) is 0. The Bertz CT molecular complexity index is 525. The van der Waals surface area contributed by atoms with Crippen molar-refractivity contribution in [3.8, 4) is 0 Å². The molecule has 6 heteroatoms. The number of hydrogen-bond donors (Lipinski definition) is 0. The van der Waals surface area contributed by atoms with Crippen LogP contribution in [0.25, 0.3) is 0 Å². The molecule has 0 radical (unpaired) electrons. The zero-order valence-corrected chi connectivity index (χ0v) is 12.8. The van der Waals surface area contributed by atoms with Crippen LogP contribution in [0.4, 0.5) is 0 Å². The summed E-state index contributed by atoms with van der Waals surface area (Å²) in [5.74, 6) is 0.0629. The van der Waals surface area contributed by atoms with E-state index in [4.69, 9.17) is 11.6 Å². The second-order valence-electron chi connectivity index (χ2n) is 5.29. The van der Waals surface area contributed by atoms with Crippen molar-refractivity contribution >= 4 is 34.8 Å². The highest BCUT2D eigenvalue weighted by molar-refractivity contribution is 7.17. The number of rotatable bonds is 2. The third-order valence-corrected chi connectivity index (χ3v) is 5.22. The molecular weight excluding hydrogens is 296 g/mol. The molecule has 20 heavy (non-hydrogen) atoms. The molecule has 2 amide bonds. The summed E-state index contributed by atoms with van der Waals surface area (Å²) < 4.78 is 0.606. The second kappa shape index (κ2) is 5.74. The molecule has 0 aliphatic carbocycles. The maximum absolute atomic E-state index is 12.5. The van der Waals surface area contributed by atoms with Gasteiger partial charge < -0.3 is 9.80 Å². The van der Waals surface area contributed by atoms with Crippen molar-refractivity contribution in [2.45, 2.75) is 31.7 Å². The Morgan fingerprint density at radius 3 is 2.55 bits per heavy atom. The van der Waals surface area contributed by atoms with Gasteiger partial charge in [-0.3, -0.25) is 9.59 Å². The predicted molar refractivity (Wildman–Crippen MR) is 79.2 cm³/mol. The Balaban J connectivity index is 1.74. The summed E-state index contributed by atoms with van der Waals surface area (Å²) in [6.07, 6.45) is 3.83. The van der Waals surface area contributed by atoms with Gasteiger partial charge in [-0.1, -0.05) is 11.6 Å². The van der Waals surface area contributed by atoms with Crippen molar-refractivity contribution < 1.29 is 9.59 Å². The van der Waals surface area contributed by atoms with Gasteiger partial charge in [-0.2, -0.15) is 0 Å². The Morgan fingerprint density at radius 1 is 1.15 bits per heavy atom. The molecule has 2 fully saturated rings. The summed E-state index contributed by atoms with van der Waals surface area (Å²) in [6, 6.07) is 3.19. The van der Waals surface area contributed by atoms with E-state index in [0.29, 0.717) is 15.8 Å². The van der Waals surface area contributed by atoms with Gasteiger partial charge in [0.05, 0.1) is 9.21 Å². The summed E-state index contributed by atoms with van der Waals surface area (Å²) in [6.45, 7) is 2.34. The molecule has 2 aliphatic heterocycles. The highest BCUT2D eigenvalue weighted by Crippen LogP contribution is 2.27. The van der Waals surface area contributed by atoms with Crippen LogP contribution in [-0.4, -0.2) is 47.3 Å². The maximum Gasteiger partial charge on any atom is 0.264 e. The molecule has 3 rings (SSSR count). The lowest BCUT2D eigenvalue weighted by Gasteiger charge is -2.27. The van der Waals surface area contributed by atoms with E-state index in [0.717, 1.165) is 38.8 Å². The van der Waals surface area contributed by atoms with E-state index in [9.17, 15) is 9.59 Å². The summed E-state index contributed by atoms with van der Waals surface area (Å²) in [7, 11) is 0. The van der Waals surface area contributed by atoms with E-state index < -0.39 is 0 Å². The molecule has 108 valence electrons. The highest BCUT2D eigenvalue weighted by atomic mass is 35.5. The summed E-state index contributed by atoms with van der Waals surface area (Å²) >= 11 is 7.16. The van der Waals surface area contributed by atoms with Gasteiger partial charge in [-0.25, -0.2) is 0 Å². The standard InChI is InChI=1S/C14H17ClN2O2S/c15-12-6-5-11(20-12)14(19)17-9-3-4-10(17)13(18)16-7-1-2-8-16/h5-6,10H,1-4,7-9H2/t10-/m0/s1. The molecule has 1 aromatic rings. The SMILES string of the molecule is O=C([C@@H]1CCCN1C(=O)c1ccc(Cl)s1)N1CCCC1. The van der Waals surface area contributed by atoms with Crippen LogP contribution in [-0.2, 0) is 4.79 Å². The molecule has 4 nitrogen and oxygen atoms in total. The minimum absolute atomic E-state index is 0.0584. The number of nitrogens with zero attached hydrogens (tertiary/aromatic N) is 2. The number of halogens is 1. The molecule has 0 bridgehead atoms. The van der Waals surface area contributed by atoms with Gasteiger partial charge in [0.2, 0.25) is 5.91 Å². The van der Waals surface area contributed by atoms with Crippen LogP contribution in [0.2, 0.25) is 4.34 Å². The number of carbonyl (C=O) groups is 2. The number of amides is 2. The Labute approximate surface area is 127 Å². The van der Waals surface area contributed by atoms with Gasteiger partial charge in [-0.15, -0.1) is 11.3 Å². The largest absolute Gasteiger partial charge is 0.341 e. The first-order valence-electron chi connectivity index (χ1n) is 7.02. The first kappa shape index (κ1) is 13.9. The average molecular weight is 313 g/mol. The topological polar surface area (TPSA) is 40.6 Å². The quantitative estimate of drug-likeness (QED) is 0.842. The fourth-order valence-electron chi connectivity index (χ4n) is 2.99. The smallest absolute Gasteiger partial charge is 0.264 e. The number of thiophene rings is 1. The van der Waals surface area contributed by atoms with Crippen molar-refractivity contribution in [1.82, 2.24) is 9.80 Å². The van der Waals surface area contributed by atoms with Gasteiger partial charge >= 0.3 is 0 Å². The molecule has 2 aliphatic rings. The fourth-order valence-corrected chi connectivity index (χ4v) is 3.98. The first-order chi connectivity index (χ1) is 9.66. The van der Waals surface area contributed by atoms with Gasteiger partial charge in [0.1, 0.15) is 6.04 Å². The van der Waals surface area contributed by atoms with Crippen LogP contribution >= 0.6 is 22.9 Å². The predicted octanol–water partition coefficient (Wildman–Crippen LogP) is 2.63. The van der Waals surface area contributed by atoms with E-state index in [1.54, 1.807) is 17.0 Å². The lowest BCUT2D eigenvalue weighted by Crippen LogP contribution is -2.46. The molecule has 1 aromatic heterocycles. The molecule has 3 heterocycles. The normalized spacial score (nSPS) is 22.6. The van der Waals surface area contributed by atoms with Gasteiger partial charge in [0.15, 0.2) is 0 Å². The first-order valence-corrected chi connectivity index (χ1v) is 8.21. The Morgan fingerprint density at radius 2 is 1.90 bits per heavy atom. The number of carbonyl (C=O) groups excluding carboxylic acids is 2. The zero-order valence-electron chi connectivity index (χ0n) is 11.2. The van der Waals surface area contributed by atoms with Crippen molar-refractivity contribution in [3.05, 3.63) is 21.3 Å². The molecule has 1 atom stereocenters. The maximum atomic E-state index is 12.5. The third kappa shape index (κ3) is 2.56. The fraction of sp³-hybridized carbons (Fsp3) is 0.571. The molecule has 0 spiro atoms. The molecule has 0 aromatic carbocycles. The summed E-state index contributed by atoms with van der Waals surface area (Å²) in [5, 5.41) is 0. The number of likely N-dealkylation sites (tertiary alicyclic amines) is 2. The molecular formula is C14H17ClN2O2S. The summed E-state index contributed by atoms with van der Waals surface area (Å²) in [4.78, 5) is 29.3. The molecule has 0 saturated carbocycles. The third-order valence-electron chi connectivity index (χ3n) is 4.00. The van der Waals surface area contributed by atoms with Crippen molar-refractivity contribution in [2.24, 2.45) is 0 Å². The van der Waals surface area contributed by atoms with Crippen LogP contribution in [0.3, 0.4) is 0 Å². The van der Waals surface area contributed by atoms with E-state index >= 15 is 0 Å². The average Bonchev–Trinajstić information content (AvgIpc) is 3.18. The van der Waals surface area contributed by atoms with Crippen LogP contribution in [0.1, 0.15) is 35.4 Å². The zero-order chi connectivity index (χ0) is 14.1. The Kier molecular flexibility index (Phi) is 3.98. The lowest BCUT2D eigenvalue weighted by atomic mass is 10.2. The van der Waals surface area contributed by atoms with Crippen LogP contribution in [0.5, 0.6) is 0 Å².